The van der Waals surface area contributed by atoms with Crippen LogP contribution in [0.2, 0.25) is 0 Å². The van der Waals surface area contributed by atoms with Crippen LogP contribution in [0.3, 0.4) is 0 Å². The van der Waals surface area contributed by atoms with E-state index in [4.69, 9.17) is 9.47 Å². The zero-order chi connectivity index (χ0) is 18.9. The van der Waals surface area contributed by atoms with Crippen LogP contribution in [0.15, 0.2) is 78.9 Å². The third kappa shape index (κ3) is 3.06. The molecule has 0 fully saturated rings. The molecule has 1 N–H and O–H groups in total. The van der Waals surface area contributed by atoms with E-state index in [0.29, 0.717) is 0 Å². The maximum atomic E-state index is 5.52. The summed E-state index contributed by atoms with van der Waals surface area (Å²) in [5.41, 5.74) is 5.50. The second-order valence-electron chi connectivity index (χ2n) is 6.87. The van der Waals surface area contributed by atoms with E-state index in [0.717, 1.165) is 22.7 Å². The highest BCUT2D eigenvalue weighted by molar-refractivity contribution is 5.90. The summed E-state index contributed by atoms with van der Waals surface area (Å²) in [5, 5.41) is 3.71. The van der Waals surface area contributed by atoms with Crippen LogP contribution in [0.25, 0.3) is 5.57 Å². The molecule has 0 saturated heterocycles. The predicted octanol–water partition coefficient (Wildman–Crippen LogP) is 5.48. The fourth-order valence-corrected chi connectivity index (χ4v) is 3.68. The number of methoxy groups -OCH3 is 2. The Hall–Kier alpha value is -3.20. The van der Waals surface area contributed by atoms with Crippen LogP contribution in [-0.4, -0.2) is 14.2 Å². The Morgan fingerprint density at radius 3 is 2.22 bits per heavy atom. The molecule has 0 aromatic heterocycles. The van der Waals surface area contributed by atoms with Crippen LogP contribution in [-0.2, 0) is 5.54 Å². The molecule has 3 aromatic carbocycles. The summed E-state index contributed by atoms with van der Waals surface area (Å²) in [5.74, 6) is 1.46. The Labute approximate surface area is 160 Å². The molecular formula is C24H23NO2. The van der Waals surface area contributed by atoms with Crippen molar-refractivity contribution in [2.75, 3.05) is 19.5 Å². The number of ether oxygens (including phenoxy) is 2. The molecular weight excluding hydrogens is 334 g/mol. The lowest BCUT2D eigenvalue weighted by Gasteiger charge is -2.36. The number of hydrogen-bond acceptors (Lipinski definition) is 3. The van der Waals surface area contributed by atoms with E-state index in [2.05, 4.69) is 72.9 Å². The van der Waals surface area contributed by atoms with Crippen LogP contribution in [0, 0.1) is 0 Å². The summed E-state index contributed by atoms with van der Waals surface area (Å²) in [6, 6.07) is 25.0. The van der Waals surface area contributed by atoms with Gasteiger partial charge in [0.05, 0.1) is 19.8 Å². The minimum atomic E-state index is -0.376. The average molecular weight is 357 g/mol. The van der Waals surface area contributed by atoms with Crippen molar-refractivity contribution in [1.82, 2.24) is 0 Å². The minimum absolute atomic E-state index is 0.376. The van der Waals surface area contributed by atoms with Gasteiger partial charge in [0, 0.05) is 11.3 Å². The van der Waals surface area contributed by atoms with E-state index in [9.17, 15) is 0 Å². The topological polar surface area (TPSA) is 30.5 Å². The van der Waals surface area contributed by atoms with Gasteiger partial charge in [-0.1, -0.05) is 54.6 Å². The van der Waals surface area contributed by atoms with E-state index in [1.165, 1.54) is 16.7 Å². The number of hydrogen-bond donors (Lipinski definition) is 1. The van der Waals surface area contributed by atoms with E-state index in [1.54, 1.807) is 14.2 Å². The van der Waals surface area contributed by atoms with Crippen molar-refractivity contribution >= 4 is 11.3 Å². The number of fused-ring (bicyclic) bond motifs is 1. The molecule has 1 unspecified atom stereocenters. The smallest absolute Gasteiger partial charge is 0.161 e. The van der Waals surface area contributed by atoms with Crippen molar-refractivity contribution in [3.8, 4) is 11.5 Å². The Balaban J connectivity index is 1.88. The Morgan fingerprint density at radius 2 is 1.48 bits per heavy atom. The van der Waals surface area contributed by atoms with Gasteiger partial charge >= 0.3 is 0 Å². The van der Waals surface area contributed by atoms with Crippen LogP contribution in [0.1, 0.15) is 23.6 Å². The van der Waals surface area contributed by atoms with Gasteiger partial charge in [0.2, 0.25) is 0 Å². The first-order chi connectivity index (χ1) is 13.1. The summed E-state index contributed by atoms with van der Waals surface area (Å²) in [6.45, 7) is 2.19. The van der Waals surface area contributed by atoms with Gasteiger partial charge in [-0.05, 0) is 47.9 Å². The highest BCUT2D eigenvalue weighted by Crippen LogP contribution is 2.43. The lowest BCUT2D eigenvalue weighted by Crippen LogP contribution is -2.33. The first-order valence-corrected chi connectivity index (χ1v) is 9.03. The molecule has 3 nitrogen and oxygen atoms in total. The molecule has 0 spiro atoms. The summed E-state index contributed by atoms with van der Waals surface area (Å²) >= 11 is 0. The molecule has 1 atom stereocenters. The van der Waals surface area contributed by atoms with E-state index in [-0.39, 0.29) is 5.54 Å². The van der Waals surface area contributed by atoms with Gasteiger partial charge < -0.3 is 14.8 Å². The minimum Gasteiger partial charge on any atom is -0.493 e. The molecule has 0 bridgehead atoms. The van der Waals surface area contributed by atoms with Crippen LogP contribution in [0.5, 0.6) is 11.5 Å². The maximum Gasteiger partial charge on any atom is 0.161 e. The van der Waals surface area contributed by atoms with Crippen LogP contribution >= 0.6 is 0 Å². The number of benzene rings is 3. The molecule has 3 aromatic rings. The van der Waals surface area contributed by atoms with Crippen molar-refractivity contribution in [3.63, 3.8) is 0 Å². The molecule has 3 heteroatoms. The summed E-state index contributed by atoms with van der Waals surface area (Å²) < 4.78 is 10.9. The SMILES string of the molecule is COc1ccc(C2(C)C=C(c3ccccc3)c3ccccc3N2)cc1OC. The molecule has 0 aliphatic carbocycles. The van der Waals surface area contributed by atoms with Crippen molar-refractivity contribution in [1.29, 1.82) is 0 Å². The number of nitrogens with one attached hydrogen (secondary N) is 1. The molecule has 0 radical (unpaired) electrons. The summed E-state index contributed by atoms with van der Waals surface area (Å²) in [4.78, 5) is 0. The maximum absolute atomic E-state index is 5.52. The van der Waals surface area contributed by atoms with Crippen LogP contribution < -0.4 is 14.8 Å². The van der Waals surface area contributed by atoms with Crippen molar-refractivity contribution in [2.45, 2.75) is 12.5 Å². The van der Waals surface area contributed by atoms with Gasteiger partial charge in [-0.15, -0.1) is 0 Å². The molecule has 1 heterocycles. The first-order valence-electron chi connectivity index (χ1n) is 9.03. The lowest BCUT2D eigenvalue weighted by atomic mass is 9.81. The summed E-state index contributed by atoms with van der Waals surface area (Å²) in [7, 11) is 3.32. The van der Waals surface area contributed by atoms with Gasteiger partial charge in [-0.2, -0.15) is 0 Å². The molecule has 1 aliphatic heterocycles. The lowest BCUT2D eigenvalue weighted by molar-refractivity contribution is 0.354. The first kappa shape index (κ1) is 17.2. The zero-order valence-electron chi connectivity index (χ0n) is 15.8. The number of para-hydroxylation sites is 1. The summed E-state index contributed by atoms with van der Waals surface area (Å²) in [6.07, 6.45) is 2.30. The molecule has 0 saturated carbocycles. The van der Waals surface area contributed by atoms with Gasteiger partial charge in [0.1, 0.15) is 0 Å². The number of rotatable bonds is 4. The Morgan fingerprint density at radius 1 is 0.778 bits per heavy atom. The molecule has 27 heavy (non-hydrogen) atoms. The standard InChI is InChI=1S/C24H23NO2/c1-24(18-13-14-22(26-2)23(15-18)27-3)16-20(17-9-5-4-6-10-17)19-11-7-8-12-21(19)25-24/h4-16,25H,1-3H3. The second kappa shape index (κ2) is 6.84. The number of anilines is 1. The van der Waals surface area contributed by atoms with Gasteiger partial charge in [-0.25, -0.2) is 0 Å². The third-order valence-electron chi connectivity index (χ3n) is 5.11. The molecule has 4 rings (SSSR count). The van der Waals surface area contributed by atoms with Crippen molar-refractivity contribution in [2.24, 2.45) is 0 Å². The zero-order valence-corrected chi connectivity index (χ0v) is 15.8. The quantitative estimate of drug-likeness (QED) is 0.671. The van der Waals surface area contributed by atoms with Gasteiger partial charge in [-0.3, -0.25) is 0 Å². The highest BCUT2D eigenvalue weighted by atomic mass is 16.5. The van der Waals surface area contributed by atoms with E-state index in [1.807, 2.05) is 18.2 Å². The highest BCUT2D eigenvalue weighted by Gasteiger charge is 2.31. The van der Waals surface area contributed by atoms with E-state index >= 15 is 0 Å². The van der Waals surface area contributed by atoms with E-state index < -0.39 is 0 Å². The molecule has 0 amide bonds. The van der Waals surface area contributed by atoms with Gasteiger partial charge in [0.25, 0.3) is 0 Å². The Bertz CT molecular complexity index is 994. The Kier molecular flexibility index (Phi) is 4.36. The fraction of sp³-hybridized carbons (Fsp3) is 0.167. The third-order valence-corrected chi connectivity index (χ3v) is 5.11. The van der Waals surface area contributed by atoms with Crippen molar-refractivity contribution < 1.29 is 9.47 Å². The predicted molar refractivity (Wildman–Crippen MR) is 110 cm³/mol. The normalized spacial score (nSPS) is 18.1. The monoisotopic (exact) mass is 357 g/mol. The molecule has 1 aliphatic rings. The largest absolute Gasteiger partial charge is 0.493 e. The average Bonchev–Trinajstić information content (AvgIpc) is 2.73. The molecule has 136 valence electrons. The van der Waals surface area contributed by atoms with Gasteiger partial charge in [0.15, 0.2) is 11.5 Å². The van der Waals surface area contributed by atoms with Crippen molar-refractivity contribution in [3.05, 3.63) is 95.6 Å². The van der Waals surface area contributed by atoms with Crippen LogP contribution in [0.4, 0.5) is 5.69 Å². The second-order valence-corrected chi connectivity index (χ2v) is 6.87. The fourth-order valence-electron chi connectivity index (χ4n) is 3.68.